The van der Waals surface area contributed by atoms with Gasteiger partial charge >= 0.3 is 0 Å². The summed E-state index contributed by atoms with van der Waals surface area (Å²) in [5.41, 5.74) is 4.60. The maximum atomic E-state index is 4.70. The Morgan fingerprint density at radius 3 is 2.69 bits per heavy atom. The molecule has 0 aliphatic carbocycles. The highest BCUT2D eigenvalue weighted by Crippen LogP contribution is 2.17. The van der Waals surface area contributed by atoms with Crippen LogP contribution in [0.25, 0.3) is 0 Å². The zero-order chi connectivity index (χ0) is 18.1. The van der Waals surface area contributed by atoms with Crippen molar-refractivity contribution >= 4 is 5.95 Å². The van der Waals surface area contributed by atoms with Crippen molar-refractivity contribution in [2.75, 3.05) is 11.9 Å². The van der Waals surface area contributed by atoms with E-state index in [9.17, 15) is 0 Å². The Hall–Kier alpha value is -2.74. The number of nitrogens with one attached hydrogen (secondary N) is 1. The molecule has 3 aromatic heterocycles. The summed E-state index contributed by atoms with van der Waals surface area (Å²) >= 11 is 0. The molecule has 1 N–H and O–H groups in total. The highest BCUT2D eigenvalue weighted by Gasteiger charge is 2.20. The molecule has 1 aliphatic rings. The number of hydrogen-bond acceptors (Lipinski definition) is 6. The van der Waals surface area contributed by atoms with Gasteiger partial charge in [0.1, 0.15) is 5.82 Å². The van der Waals surface area contributed by atoms with Crippen LogP contribution >= 0.6 is 0 Å². The third-order valence-corrected chi connectivity index (χ3v) is 5.00. The molecule has 0 spiro atoms. The van der Waals surface area contributed by atoms with Crippen molar-refractivity contribution in [3.8, 4) is 0 Å². The maximum Gasteiger partial charge on any atom is 0.222 e. The number of fused-ring (bicyclic) bond motifs is 1. The number of aryl methyl sites for hydroxylation is 1. The molecule has 0 amide bonds. The molecule has 0 bridgehead atoms. The molecule has 3 aromatic rings. The van der Waals surface area contributed by atoms with Gasteiger partial charge in [0.2, 0.25) is 5.95 Å². The summed E-state index contributed by atoms with van der Waals surface area (Å²) in [5.74, 6) is 1.75. The number of rotatable bonds is 5. The molecule has 8 heteroatoms. The first-order valence-corrected chi connectivity index (χ1v) is 8.88. The van der Waals surface area contributed by atoms with Crippen LogP contribution in [0.1, 0.15) is 28.6 Å². The van der Waals surface area contributed by atoms with Gasteiger partial charge in [-0.3, -0.25) is 9.58 Å². The van der Waals surface area contributed by atoms with E-state index in [0.29, 0.717) is 12.5 Å². The molecular weight excluding hydrogens is 328 g/mol. The summed E-state index contributed by atoms with van der Waals surface area (Å²) in [5, 5.41) is 7.91. The van der Waals surface area contributed by atoms with Crippen LogP contribution in [0.15, 0.2) is 24.5 Å². The fourth-order valence-electron chi connectivity index (χ4n) is 3.29. The van der Waals surface area contributed by atoms with Crippen molar-refractivity contribution in [3.05, 3.63) is 53.1 Å². The standard InChI is InChI=1S/C18H24N8/c1-13-14(2)24(3)17(22-13)12-25-7-8-26-16(11-25)9-15(23-26)10-21-18-19-5-4-6-20-18/h4-6,9H,7-8,10-12H2,1-3H3,(H,19,20,21). The molecule has 0 aromatic carbocycles. The summed E-state index contributed by atoms with van der Waals surface area (Å²) in [7, 11) is 2.09. The highest BCUT2D eigenvalue weighted by molar-refractivity contribution is 5.25. The van der Waals surface area contributed by atoms with Gasteiger partial charge in [-0.05, 0) is 26.0 Å². The van der Waals surface area contributed by atoms with Gasteiger partial charge in [-0.25, -0.2) is 15.0 Å². The van der Waals surface area contributed by atoms with Gasteiger partial charge in [-0.15, -0.1) is 0 Å². The predicted molar refractivity (Wildman–Crippen MR) is 98.4 cm³/mol. The zero-order valence-corrected chi connectivity index (χ0v) is 15.5. The summed E-state index contributed by atoms with van der Waals surface area (Å²) in [6.45, 7) is 8.45. The molecule has 26 heavy (non-hydrogen) atoms. The SMILES string of the molecule is Cc1nc(CN2CCn3nc(CNc4ncccn4)cc3C2)n(C)c1C. The molecule has 1 aliphatic heterocycles. The van der Waals surface area contributed by atoms with E-state index in [1.807, 2.05) is 0 Å². The third-order valence-electron chi connectivity index (χ3n) is 5.00. The van der Waals surface area contributed by atoms with Crippen molar-refractivity contribution in [1.29, 1.82) is 0 Å². The largest absolute Gasteiger partial charge is 0.348 e. The van der Waals surface area contributed by atoms with Crippen molar-refractivity contribution < 1.29 is 0 Å². The van der Waals surface area contributed by atoms with E-state index in [-0.39, 0.29) is 0 Å². The molecule has 0 saturated heterocycles. The summed E-state index contributed by atoms with van der Waals surface area (Å²) in [4.78, 5) is 15.5. The Labute approximate surface area is 152 Å². The minimum absolute atomic E-state index is 0.626. The van der Waals surface area contributed by atoms with Gasteiger partial charge in [0.05, 0.1) is 36.7 Å². The van der Waals surface area contributed by atoms with Crippen LogP contribution in [0.3, 0.4) is 0 Å². The Kier molecular flexibility index (Phi) is 4.42. The van der Waals surface area contributed by atoms with Crippen LogP contribution in [-0.4, -0.2) is 40.7 Å². The van der Waals surface area contributed by atoms with E-state index < -0.39 is 0 Å². The van der Waals surface area contributed by atoms with Crippen LogP contribution in [-0.2, 0) is 33.2 Å². The Morgan fingerprint density at radius 1 is 1.15 bits per heavy atom. The quantitative estimate of drug-likeness (QED) is 0.752. The first-order chi connectivity index (χ1) is 12.6. The van der Waals surface area contributed by atoms with Crippen molar-refractivity contribution in [1.82, 2.24) is 34.2 Å². The molecule has 4 rings (SSSR count). The summed E-state index contributed by atoms with van der Waals surface area (Å²) < 4.78 is 4.30. The van der Waals surface area contributed by atoms with Crippen LogP contribution in [0.2, 0.25) is 0 Å². The van der Waals surface area contributed by atoms with E-state index in [0.717, 1.165) is 43.4 Å². The van der Waals surface area contributed by atoms with E-state index in [1.165, 1.54) is 11.4 Å². The van der Waals surface area contributed by atoms with Crippen LogP contribution in [0.4, 0.5) is 5.95 Å². The van der Waals surface area contributed by atoms with Crippen molar-refractivity contribution in [2.24, 2.45) is 7.05 Å². The van der Waals surface area contributed by atoms with Crippen LogP contribution < -0.4 is 5.32 Å². The first kappa shape index (κ1) is 16.7. The number of imidazole rings is 1. The van der Waals surface area contributed by atoms with Crippen LogP contribution in [0, 0.1) is 13.8 Å². The van der Waals surface area contributed by atoms with Crippen molar-refractivity contribution in [2.45, 2.75) is 40.0 Å². The normalized spacial score (nSPS) is 14.4. The molecule has 0 unspecified atom stereocenters. The van der Waals surface area contributed by atoms with Crippen molar-refractivity contribution in [3.63, 3.8) is 0 Å². The van der Waals surface area contributed by atoms with Gasteiger partial charge < -0.3 is 9.88 Å². The lowest BCUT2D eigenvalue weighted by atomic mass is 10.2. The molecular formula is C18H24N8. The van der Waals surface area contributed by atoms with Gasteiger partial charge in [0.15, 0.2) is 0 Å². The van der Waals surface area contributed by atoms with E-state index in [4.69, 9.17) is 10.1 Å². The van der Waals surface area contributed by atoms with E-state index in [2.05, 4.69) is 56.4 Å². The zero-order valence-electron chi connectivity index (χ0n) is 15.5. The average molecular weight is 352 g/mol. The Morgan fingerprint density at radius 2 is 1.96 bits per heavy atom. The van der Waals surface area contributed by atoms with E-state index >= 15 is 0 Å². The lowest BCUT2D eigenvalue weighted by Crippen LogP contribution is -2.34. The lowest BCUT2D eigenvalue weighted by molar-refractivity contribution is 0.198. The second-order valence-corrected chi connectivity index (χ2v) is 6.74. The second-order valence-electron chi connectivity index (χ2n) is 6.74. The first-order valence-electron chi connectivity index (χ1n) is 8.88. The molecule has 8 nitrogen and oxygen atoms in total. The van der Waals surface area contributed by atoms with Gasteiger partial charge in [0.25, 0.3) is 0 Å². The topological polar surface area (TPSA) is 76.7 Å². The fraction of sp³-hybridized carbons (Fsp3) is 0.444. The van der Waals surface area contributed by atoms with Crippen LogP contribution in [0.5, 0.6) is 0 Å². The predicted octanol–water partition coefficient (Wildman–Crippen LogP) is 1.65. The fourth-order valence-corrected chi connectivity index (χ4v) is 3.29. The molecule has 0 radical (unpaired) electrons. The number of hydrogen-bond donors (Lipinski definition) is 1. The van der Waals surface area contributed by atoms with Gasteiger partial charge in [0, 0.05) is 38.2 Å². The highest BCUT2D eigenvalue weighted by atomic mass is 15.3. The minimum Gasteiger partial charge on any atom is -0.348 e. The maximum absolute atomic E-state index is 4.70. The Bertz CT molecular complexity index is 896. The van der Waals surface area contributed by atoms with Gasteiger partial charge in [-0.2, -0.15) is 5.10 Å². The molecule has 0 fully saturated rings. The van der Waals surface area contributed by atoms with Gasteiger partial charge in [-0.1, -0.05) is 0 Å². The smallest absolute Gasteiger partial charge is 0.222 e. The number of nitrogens with zero attached hydrogens (tertiary/aromatic N) is 7. The third kappa shape index (κ3) is 3.32. The molecule has 0 atom stereocenters. The number of aromatic nitrogens is 6. The number of anilines is 1. The minimum atomic E-state index is 0.626. The molecule has 4 heterocycles. The Balaban J connectivity index is 1.41. The molecule has 136 valence electrons. The second kappa shape index (κ2) is 6.87. The molecule has 0 saturated carbocycles. The summed E-state index contributed by atoms with van der Waals surface area (Å²) in [6, 6.07) is 3.97. The lowest BCUT2D eigenvalue weighted by Gasteiger charge is -2.27. The summed E-state index contributed by atoms with van der Waals surface area (Å²) in [6.07, 6.45) is 3.46. The monoisotopic (exact) mass is 352 g/mol. The van der Waals surface area contributed by atoms with E-state index in [1.54, 1.807) is 18.5 Å². The average Bonchev–Trinajstić information content (AvgIpc) is 3.17.